The van der Waals surface area contributed by atoms with E-state index in [0.29, 0.717) is 24.1 Å². The van der Waals surface area contributed by atoms with Crippen LogP contribution >= 0.6 is 11.6 Å². The van der Waals surface area contributed by atoms with Crippen LogP contribution in [0.3, 0.4) is 0 Å². The fourth-order valence-electron chi connectivity index (χ4n) is 1.73. The molecule has 1 atom stereocenters. The Morgan fingerprint density at radius 2 is 2.38 bits per heavy atom. The second-order valence-electron chi connectivity index (χ2n) is 3.89. The minimum Gasteiger partial charge on any atom is -0.396 e. The van der Waals surface area contributed by atoms with E-state index in [1.54, 1.807) is 13.0 Å². The Labute approximate surface area is 98.1 Å². The number of aliphatic hydroxyl groups excluding tert-OH is 1. The molecule has 1 aromatic heterocycles. The molecule has 0 bridgehead atoms. The number of halogens is 1. The zero-order chi connectivity index (χ0) is 11.7. The number of anilines is 1. The van der Waals surface area contributed by atoms with Gasteiger partial charge in [-0.15, -0.1) is 0 Å². The molecular formula is C10H12ClN3O2. The summed E-state index contributed by atoms with van der Waals surface area (Å²) in [6.07, 6.45) is 0.339. The molecule has 1 aromatic rings. The highest BCUT2D eigenvalue weighted by molar-refractivity contribution is 6.29. The summed E-state index contributed by atoms with van der Waals surface area (Å²) in [7, 11) is 0. The number of rotatable bonds is 2. The number of carbonyl (C=O) groups is 1. The molecule has 0 saturated carbocycles. The monoisotopic (exact) mass is 241 g/mol. The van der Waals surface area contributed by atoms with Crippen LogP contribution in [0, 0.1) is 12.8 Å². The number of hydrogen-bond donors (Lipinski definition) is 1. The molecule has 86 valence electrons. The summed E-state index contributed by atoms with van der Waals surface area (Å²) >= 11 is 5.81. The van der Waals surface area contributed by atoms with Crippen molar-refractivity contribution in [3.63, 3.8) is 0 Å². The van der Waals surface area contributed by atoms with Gasteiger partial charge in [0, 0.05) is 31.2 Å². The number of hydrogen-bond acceptors (Lipinski definition) is 4. The van der Waals surface area contributed by atoms with Crippen molar-refractivity contribution in [2.24, 2.45) is 5.92 Å². The molecule has 6 heteroatoms. The van der Waals surface area contributed by atoms with E-state index in [4.69, 9.17) is 16.7 Å². The largest absolute Gasteiger partial charge is 0.396 e. The first-order valence-corrected chi connectivity index (χ1v) is 5.40. The van der Waals surface area contributed by atoms with Gasteiger partial charge in [0.15, 0.2) is 0 Å². The number of aromatic nitrogens is 2. The van der Waals surface area contributed by atoms with Crippen LogP contribution in [0.1, 0.15) is 12.1 Å². The van der Waals surface area contributed by atoms with Gasteiger partial charge in [0.1, 0.15) is 5.15 Å². The maximum absolute atomic E-state index is 11.7. The Morgan fingerprint density at radius 1 is 1.62 bits per heavy atom. The predicted octanol–water partition coefficient (Wildman–Crippen LogP) is 0.784. The zero-order valence-corrected chi connectivity index (χ0v) is 9.61. The topological polar surface area (TPSA) is 66.3 Å². The maximum atomic E-state index is 11.7. The standard InChI is InChI=1S/C10H12ClN3O2/c1-6-2-8(11)13-10(12-6)14-4-7(5-15)3-9(14)16/h2,7,15H,3-5H2,1H3. The summed E-state index contributed by atoms with van der Waals surface area (Å²) in [6.45, 7) is 2.25. The molecule has 0 radical (unpaired) electrons. The predicted molar refractivity (Wildman–Crippen MR) is 59.3 cm³/mol. The van der Waals surface area contributed by atoms with Crippen LogP contribution in [-0.4, -0.2) is 34.1 Å². The third-order valence-electron chi connectivity index (χ3n) is 2.52. The zero-order valence-electron chi connectivity index (χ0n) is 8.85. The summed E-state index contributed by atoms with van der Waals surface area (Å²) in [5, 5.41) is 9.33. The SMILES string of the molecule is Cc1cc(Cl)nc(N2CC(CO)CC2=O)n1. The van der Waals surface area contributed by atoms with Crippen molar-refractivity contribution in [2.45, 2.75) is 13.3 Å². The molecule has 16 heavy (non-hydrogen) atoms. The Hall–Kier alpha value is -1.20. The smallest absolute Gasteiger partial charge is 0.233 e. The molecule has 1 N–H and O–H groups in total. The minimum absolute atomic E-state index is 0.00177. The lowest BCUT2D eigenvalue weighted by Gasteiger charge is -2.14. The fraction of sp³-hybridized carbons (Fsp3) is 0.500. The molecule has 1 aliphatic heterocycles. The maximum Gasteiger partial charge on any atom is 0.233 e. The number of nitrogens with zero attached hydrogens (tertiary/aromatic N) is 3. The molecule has 1 amide bonds. The fourth-order valence-corrected chi connectivity index (χ4v) is 1.97. The van der Waals surface area contributed by atoms with E-state index in [9.17, 15) is 4.79 Å². The third-order valence-corrected chi connectivity index (χ3v) is 2.71. The Morgan fingerprint density at radius 3 is 2.94 bits per heavy atom. The Kier molecular flexibility index (Phi) is 3.07. The Balaban J connectivity index is 2.27. The van der Waals surface area contributed by atoms with Crippen molar-refractivity contribution in [2.75, 3.05) is 18.1 Å². The molecule has 1 unspecified atom stereocenters. The van der Waals surface area contributed by atoms with Gasteiger partial charge in [-0.05, 0) is 13.0 Å². The Bertz CT molecular complexity index is 404. The van der Waals surface area contributed by atoms with Gasteiger partial charge in [-0.1, -0.05) is 11.6 Å². The molecule has 0 aliphatic carbocycles. The molecule has 2 heterocycles. The average Bonchev–Trinajstić information content (AvgIpc) is 2.58. The second kappa shape index (κ2) is 4.35. The summed E-state index contributed by atoms with van der Waals surface area (Å²) in [4.78, 5) is 21.3. The normalized spacial score (nSPS) is 20.6. The molecule has 5 nitrogen and oxygen atoms in total. The van der Waals surface area contributed by atoms with Crippen LogP contribution in [0.2, 0.25) is 5.15 Å². The van der Waals surface area contributed by atoms with Gasteiger partial charge in [-0.3, -0.25) is 9.69 Å². The number of aryl methyl sites for hydroxylation is 1. The van der Waals surface area contributed by atoms with Gasteiger partial charge in [-0.25, -0.2) is 9.97 Å². The van der Waals surface area contributed by atoms with Gasteiger partial charge in [0.05, 0.1) is 0 Å². The van der Waals surface area contributed by atoms with E-state index in [2.05, 4.69) is 9.97 Å². The highest BCUT2D eigenvalue weighted by Gasteiger charge is 2.31. The van der Waals surface area contributed by atoms with Crippen LogP contribution in [0.5, 0.6) is 0 Å². The van der Waals surface area contributed by atoms with Gasteiger partial charge in [0.2, 0.25) is 11.9 Å². The van der Waals surface area contributed by atoms with Gasteiger partial charge in [0.25, 0.3) is 0 Å². The lowest BCUT2D eigenvalue weighted by atomic mass is 10.1. The molecule has 0 spiro atoms. The summed E-state index contributed by atoms with van der Waals surface area (Å²) in [5.74, 6) is 0.224. The third kappa shape index (κ3) is 2.15. The number of aliphatic hydroxyl groups is 1. The van der Waals surface area contributed by atoms with Crippen molar-refractivity contribution in [1.82, 2.24) is 9.97 Å². The van der Waals surface area contributed by atoms with E-state index in [-0.39, 0.29) is 18.4 Å². The summed E-state index contributed by atoms with van der Waals surface area (Å²) in [6, 6.07) is 1.63. The molecule has 0 aromatic carbocycles. The number of carbonyl (C=O) groups excluding carboxylic acids is 1. The van der Waals surface area contributed by atoms with Crippen molar-refractivity contribution in [3.05, 3.63) is 16.9 Å². The minimum atomic E-state index is -0.0688. The van der Waals surface area contributed by atoms with Gasteiger partial charge < -0.3 is 5.11 Å². The lowest BCUT2D eigenvalue weighted by molar-refractivity contribution is -0.117. The highest BCUT2D eigenvalue weighted by atomic mass is 35.5. The average molecular weight is 242 g/mol. The van der Waals surface area contributed by atoms with Crippen LogP contribution in [0.25, 0.3) is 0 Å². The van der Waals surface area contributed by atoms with Crippen LogP contribution in [0.4, 0.5) is 5.95 Å². The van der Waals surface area contributed by atoms with Crippen LogP contribution in [0.15, 0.2) is 6.07 Å². The van der Waals surface area contributed by atoms with E-state index in [1.165, 1.54) is 4.90 Å². The van der Waals surface area contributed by atoms with Crippen LogP contribution in [-0.2, 0) is 4.79 Å². The van der Waals surface area contributed by atoms with E-state index < -0.39 is 0 Å². The number of amides is 1. The van der Waals surface area contributed by atoms with Crippen LogP contribution < -0.4 is 4.90 Å². The summed E-state index contributed by atoms with van der Waals surface area (Å²) in [5.41, 5.74) is 0.718. The molecule has 1 fully saturated rings. The van der Waals surface area contributed by atoms with E-state index >= 15 is 0 Å². The van der Waals surface area contributed by atoms with Crippen molar-refractivity contribution in [1.29, 1.82) is 0 Å². The second-order valence-corrected chi connectivity index (χ2v) is 4.28. The van der Waals surface area contributed by atoms with Crippen molar-refractivity contribution in [3.8, 4) is 0 Å². The van der Waals surface area contributed by atoms with Crippen molar-refractivity contribution < 1.29 is 9.90 Å². The molecule has 1 aliphatic rings. The first-order chi connectivity index (χ1) is 7.60. The van der Waals surface area contributed by atoms with Crippen molar-refractivity contribution >= 4 is 23.5 Å². The molecule has 1 saturated heterocycles. The first kappa shape index (κ1) is 11.3. The van der Waals surface area contributed by atoms with Gasteiger partial charge >= 0.3 is 0 Å². The molecular weight excluding hydrogens is 230 g/mol. The quantitative estimate of drug-likeness (QED) is 0.778. The first-order valence-electron chi connectivity index (χ1n) is 5.02. The van der Waals surface area contributed by atoms with E-state index in [1.807, 2.05) is 0 Å². The van der Waals surface area contributed by atoms with Gasteiger partial charge in [-0.2, -0.15) is 0 Å². The summed E-state index contributed by atoms with van der Waals surface area (Å²) < 4.78 is 0. The lowest BCUT2D eigenvalue weighted by Crippen LogP contribution is -2.27. The molecule has 2 rings (SSSR count). The highest BCUT2D eigenvalue weighted by Crippen LogP contribution is 2.23. The van der Waals surface area contributed by atoms with E-state index in [0.717, 1.165) is 5.69 Å².